The van der Waals surface area contributed by atoms with E-state index in [1.807, 2.05) is 0 Å². The lowest BCUT2D eigenvalue weighted by atomic mass is 10.1. The van der Waals surface area contributed by atoms with E-state index in [1.54, 1.807) is 6.20 Å². The van der Waals surface area contributed by atoms with Crippen molar-refractivity contribution in [2.45, 2.75) is 19.4 Å². The second-order valence-electron chi connectivity index (χ2n) is 4.26. The average molecular weight is 280 g/mol. The van der Waals surface area contributed by atoms with E-state index in [0.717, 1.165) is 18.2 Å². The van der Waals surface area contributed by atoms with Crippen molar-refractivity contribution in [2.24, 2.45) is 0 Å². The monoisotopic (exact) mass is 280 g/mol. The summed E-state index contributed by atoms with van der Waals surface area (Å²) in [4.78, 5) is 10.3. The Morgan fingerprint density at radius 1 is 1.45 bits per heavy atom. The Balaban J connectivity index is 2.19. The second kappa shape index (κ2) is 6.20. The summed E-state index contributed by atoms with van der Waals surface area (Å²) in [6.07, 6.45) is 2.77. The zero-order valence-corrected chi connectivity index (χ0v) is 10.6. The normalized spacial score (nSPS) is 10.7. The van der Waals surface area contributed by atoms with E-state index >= 15 is 0 Å². The first kappa shape index (κ1) is 14.1. The van der Waals surface area contributed by atoms with E-state index in [0.29, 0.717) is 18.5 Å². The quantitative estimate of drug-likeness (QED) is 0.635. The van der Waals surface area contributed by atoms with Crippen LogP contribution in [0.3, 0.4) is 0 Å². The molecule has 7 nitrogen and oxygen atoms in total. The molecule has 106 valence electrons. The van der Waals surface area contributed by atoms with Crippen LogP contribution in [-0.4, -0.2) is 31.6 Å². The van der Waals surface area contributed by atoms with Gasteiger partial charge < -0.3 is 5.11 Å². The van der Waals surface area contributed by atoms with E-state index in [4.69, 9.17) is 5.11 Å². The third-order valence-electron chi connectivity index (χ3n) is 2.75. The number of hydrogen-bond donors (Lipinski definition) is 1. The predicted octanol–water partition coefficient (Wildman–Crippen LogP) is 1.30. The molecule has 0 aliphatic heterocycles. The van der Waals surface area contributed by atoms with Gasteiger partial charge in [0.2, 0.25) is 0 Å². The first-order valence-electron chi connectivity index (χ1n) is 6.03. The molecule has 0 saturated heterocycles. The maximum atomic E-state index is 13.2. The number of nitro groups is 1. The Bertz CT molecular complexity index is 614. The van der Waals surface area contributed by atoms with Gasteiger partial charge in [-0.2, -0.15) is 0 Å². The van der Waals surface area contributed by atoms with Crippen LogP contribution in [0.2, 0.25) is 0 Å². The van der Waals surface area contributed by atoms with Crippen LogP contribution in [-0.2, 0) is 13.0 Å². The van der Waals surface area contributed by atoms with Crippen molar-refractivity contribution in [3.8, 4) is 0 Å². The number of hydrogen-bond acceptors (Lipinski definition) is 5. The Labute approximate surface area is 113 Å². The van der Waals surface area contributed by atoms with Crippen LogP contribution in [0.15, 0.2) is 24.4 Å². The van der Waals surface area contributed by atoms with Gasteiger partial charge in [-0.15, -0.1) is 5.10 Å². The van der Waals surface area contributed by atoms with Gasteiger partial charge in [0.05, 0.1) is 22.7 Å². The average Bonchev–Trinajstić information content (AvgIpc) is 2.83. The van der Waals surface area contributed by atoms with Gasteiger partial charge in [0.1, 0.15) is 5.82 Å². The summed E-state index contributed by atoms with van der Waals surface area (Å²) >= 11 is 0. The molecular formula is C12H13FN4O3. The summed E-state index contributed by atoms with van der Waals surface area (Å²) in [7, 11) is 0. The van der Waals surface area contributed by atoms with Crippen LogP contribution in [0.1, 0.15) is 17.7 Å². The van der Waals surface area contributed by atoms with Crippen LogP contribution in [0.25, 0.3) is 0 Å². The zero-order chi connectivity index (χ0) is 14.5. The van der Waals surface area contributed by atoms with Gasteiger partial charge in [0.15, 0.2) is 0 Å². The maximum Gasteiger partial charge on any atom is 0.274 e. The molecule has 0 radical (unpaired) electrons. The lowest BCUT2D eigenvalue weighted by Gasteiger charge is -2.02. The Hall–Kier alpha value is -2.35. The fourth-order valence-corrected chi connectivity index (χ4v) is 1.82. The van der Waals surface area contributed by atoms with Crippen LogP contribution in [0.5, 0.6) is 0 Å². The van der Waals surface area contributed by atoms with E-state index in [1.165, 1.54) is 4.68 Å². The topological polar surface area (TPSA) is 94.1 Å². The van der Waals surface area contributed by atoms with Gasteiger partial charge in [-0.1, -0.05) is 5.21 Å². The largest absolute Gasteiger partial charge is 0.396 e. The van der Waals surface area contributed by atoms with Crippen LogP contribution in [0.4, 0.5) is 10.1 Å². The summed E-state index contributed by atoms with van der Waals surface area (Å²) in [6, 6.07) is 3.30. The molecule has 0 atom stereocenters. The molecule has 1 N–H and O–H groups in total. The van der Waals surface area contributed by atoms with Gasteiger partial charge in [0.25, 0.3) is 5.69 Å². The van der Waals surface area contributed by atoms with E-state index in [9.17, 15) is 14.5 Å². The van der Waals surface area contributed by atoms with Gasteiger partial charge in [-0.3, -0.25) is 10.1 Å². The number of nitrogens with zero attached hydrogens (tertiary/aromatic N) is 4. The van der Waals surface area contributed by atoms with Crippen molar-refractivity contribution >= 4 is 5.69 Å². The van der Waals surface area contributed by atoms with Crippen molar-refractivity contribution in [3.05, 3.63) is 51.6 Å². The molecule has 0 spiro atoms. The number of benzene rings is 1. The Morgan fingerprint density at radius 2 is 2.25 bits per heavy atom. The number of aromatic nitrogens is 3. The van der Waals surface area contributed by atoms with Gasteiger partial charge in [-0.05, 0) is 25.0 Å². The Morgan fingerprint density at radius 3 is 2.95 bits per heavy atom. The van der Waals surface area contributed by atoms with Crippen molar-refractivity contribution in [3.63, 3.8) is 0 Å². The van der Waals surface area contributed by atoms with E-state index in [-0.39, 0.29) is 24.4 Å². The van der Waals surface area contributed by atoms with Gasteiger partial charge >= 0.3 is 0 Å². The Kier molecular flexibility index (Phi) is 4.36. The minimum atomic E-state index is -0.557. The zero-order valence-electron chi connectivity index (χ0n) is 10.6. The van der Waals surface area contributed by atoms with E-state index in [2.05, 4.69) is 10.3 Å². The molecule has 0 unspecified atom stereocenters. The summed E-state index contributed by atoms with van der Waals surface area (Å²) in [6.45, 7) is 0.127. The highest BCUT2D eigenvalue weighted by Gasteiger charge is 2.15. The lowest BCUT2D eigenvalue weighted by Crippen LogP contribution is -2.04. The maximum absolute atomic E-state index is 13.2. The SMILES string of the molecule is O=[N+]([O-])c1ccc(F)cc1Cn1cc(CCCO)nn1. The summed E-state index contributed by atoms with van der Waals surface area (Å²) in [5, 5.41) is 27.3. The third kappa shape index (κ3) is 3.35. The number of aliphatic hydroxyl groups excluding tert-OH is 1. The highest BCUT2D eigenvalue weighted by atomic mass is 19.1. The minimum absolute atomic E-state index is 0.0578. The van der Waals surface area contributed by atoms with E-state index < -0.39 is 10.7 Å². The number of rotatable bonds is 6. The van der Waals surface area contributed by atoms with Crippen molar-refractivity contribution < 1.29 is 14.4 Å². The summed E-state index contributed by atoms with van der Waals surface area (Å²) < 4.78 is 14.6. The standard InChI is InChI=1S/C12H13FN4O3/c13-10-3-4-12(17(19)20)9(6-10)7-16-8-11(14-15-16)2-1-5-18/h3-4,6,8,18H,1-2,5,7H2. The highest BCUT2D eigenvalue weighted by molar-refractivity contribution is 5.40. The third-order valence-corrected chi connectivity index (χ3v) is 2.75. The minimum Gasteiger partial charge on any atom is -0.396 e. The fraction of sp³-hybridized carbons (Fsp3) is 0.333. The number of aryl methyl sites for hydroxylation is 1. The van der Waals surface area contributed by atoms with Crippen molar-refractivity contribution in [1.29, 1.82) is 0 Å². The first-order valence-corrected chi connectivity index (χ1v) is 6.03. The van der Waals surface area contributed by atoms with Crippen LogP contribution < -0.4 is 0 Å². The summed E-state index contributed by atoms with van der Waals surface area (Å²) in [5.41, 5.74) is 0.755. The lowest BCUT2D eigenvalue weighted by molar-refractivity contribution is -0.385. The highest BCUT2D eigenvalue weighted by Crippen LogP contribution is 2.20. The molecule has 0 amide bonds. The molecule has 2 aromatic rings. The number of nitro benzene ring substituents is 1. The van der Waals surface area contributed by atoms with Crippen LogP contribution >= 0.6 is 0 Å². The molecule has 2 rings (SSSR count). The molecule has 8 heteroatoms. The molecule has 0 saturated carbocycles. The smallest absolute Gasteiger partial charge is 0.274 e. The molecule has 0 bridgehead atoms. The molecule has 20 heavy (non-hydrogen) atoms. The van der Waals surface area contributed by atoms with Crippen molar-refractivity contribution in [2.75, 3.05) is 6.61 Å². The second-order valence-corrected chi connectivity index (χ2v) is 4.26. The fourth-order valence-electron chi connectivity index (χ4n) is 1.82. The first-order chi connectivity index (χ1) is 9.60. The predicted molar refractivity (Wildman–Crippen MR) is 67.6 cm³/mol. The molecule has 0 aliphatic rings. The molecule has 1 heterocycles. The number of halogens is 1. The summed E-state index contributed by atoms with van der Waals surface area (Å²) in [5.74, 6) is -0.536. The molecule has 1 aromatic heterocycles. The molecule has 0 fully saturated rings. The van der Waals surface area contributed by atoms with Crippen molar-refractivity contribution in [1.82, 2.24) is 15.0 Å². The van der Waals surface area contributed by atoms with Gasteiger partial charge in [-0.25, -0.2) is 9.07 Å². The molecule has 1 aromatic carbocycles. The molecule has 0 aliphatic carbocycles. The number of aliphatic hydroxyl groups is 1. The molecular weight excluding hydrogens is 267 g/mol. The van der Waals surface area contributed by atoms with Crippen LogP contribution in [0, 0.1) is 15.9 Å². The van der Waals surface area contributed by atoms with Gasteiger partial charge in [0, 0.05) is 18.9 Å².